The van der Waals surface area contributed by atoms with Crippen LogP contribution in [0, 0.1) is 16.0 Å². The fourth-order valence-electron chi connectivity index (χ4n) is 2.57. The molecule has 0 aliphatic heterocycles. The normalized spacial score (nSPS) is 15.6. The van der Waals surface area contributed by atoms with E-state index in [1.54, 1.807) is 18.2 Å². The van der Waals surface area contributed by atoms with E-state index in [2.05, 4.69) is 5.32 Å². The molecule has 1 N–H and O–H groups in total. The molecule has 0 saturated heterocycles. The summed E-state index contributed by atoms with van der Waals surface area (Å²) < 4.78 is 0. The van der Waals surface area contributed by atoms with Crippen LogP contribution in [-0.4, -0.2) is 17.7 Å². The molecule has 1 saturated carbocycles. The fourth-order valence-corrected chi connectivity index (χ4v) is 3.81. The van der Waals surface area contributed by atoms with Gasteiger partial charge in [0.05, 0.1) is 4.92 Å². The minimum absolute atomic E-state index is 0.176. The average Bonchev–Trinajstić information content (AvgIpc) is 2.91. The Hall–Kier alpha value is -1.23. The Morgan fingerprint density at radius 1 is 1.42 bits per heavy atom. The monoisotopic (exact) mass is 280 g/mol. The van der Waals surface area contributed by atoms with Crippen LogP contribution < -0.4 is 5.32 Å². The smallest absolute Gasteiger partial charge is 0.269 e. The number of nitro groups is 1. The van der Waals surface area contributed by atoms with Crippen molar-refractivity contribution in [3.63, 3.8) is 0 Å². The van der Waals surface area contributed by atoms with Crippen molar-refractivity contribution < 1.29 is 4.92 Å². The van der Waals surface area contributed by atoms with Gasteiger partial charge in [0.2, 0.25) is 0 Å². The number of non-ortho nitro benzene ring substituents is 1. The number of hydrogen-bond donors (Lipinski definition) is 1. The van der Waals surface area contributed by atoms with Gasteiger partial charge in [-0.1, -0.05) is 12.8 Å². The Morgan fingerprint density at radius 2 is 2.16 bits per heavy atom. The molecule has 0 heterocycles. The maximum absolute atomic E-state index is 10.8. The number of hydrogen-bond acceptors (Lipinski definition) is 4. The summed E-state index contributed by atoms with van der Waals surface area (Å²) in [5.41, 5.74) is 2.19. The lowest BCUT2D eigenvalue weighted by Gasteiger charge is -2.11. The molecule has 19 heavy (non-hydrogen) atoms. The Balaban J connectivity index is 1.96. The van der Waals surface area contributed by atoms with E-state index < -0.39 is 0 Å². The largest absolute Gasteiger partial charge is 0.388 e. The molecule has 1 aliphatic carbocycles. The molecule has 0 radical (unpaired) electrons. The molecule has 2 rings (SSSR count). The molecule has 1 aromatic rings. The number of benzene rings is 1. The van der Waals surface area contributed by atoms with Gasteiger partial charge in [-0.3, -0.25) is 10.1 Å². The summed E-state index contributed by atoms with van der Waals surface area (Å²) in [6, 6.07) is 5.04. The van der Waals surface area contributed by atoms with Crippen LogP contribution in [0.2, 0.25) is 0 Å². The second kappa shape index (κ2) is 6.80. The first-order chi connectivity index (χ1) is 9.20. The van der Waals surface area contributed by atoms with Crippen LogP contribution in [-0.2, 0) is 5.75 Å². The minimum atomic E-state index is -0.329. The van der Waals surface area contributed by atoms with Gasteiger partial charge < -0.3 is 5.32 Å². The maximum Gasteiger partial charge on any atom is 0.269 e. The molecule has 0 atom stereocenters. The molecule has 0 amide bonds. The zero-order valence-electron chi connectivity index (χ0n) is 11.2. The lowest BCUT2D eigenvalue weighted by atomic mass is 10.1. The predicted octanol–water partition coefficient (Wildman–Crippen LogP) is 4.06. The third-order valence-corrected chi connectivity index (χ3v) is 4.88. The third-order valence-electron chi connectivity index (χ3n) is 3.65. The van der Waals surface area contributed by atoms with Crippen LogP contribution in [0.4, 0.5) is 11.4 Å². The molecular formula is C14H20N2O2S. The van der Waals surface area contributed by atoms with Crippen molar-refractivity contribution in [2.24, 2.45) is 5.92 Å². The van der Waals surface area contributed by atoms with Crippen LogP contribution in [0.25, 0.3) is 0 Å². The summed E-state index contributed by atoms with van der Waals surface area (Å²) in [7, 11) is 1.85. The summed E-state index contributed by atoms with van der Waals surface area (Å²) in [5, 5.41) is 13.9. The van der Waals surface area contributed by atoms with E-state index in [1.165, 1.54) is 31.4 Å². The van der Waals surface area contributed by atoms with Crippen molar-refractivity contribution in [2.45, 2.75) is 31.4 Å². The van der Waals surface area contributed by atoms with Gasteiger partial charge in [-0.05, 0) is 36.1 Å². The van der Waals surface area contributed by atoms with Gasteiger partial charge in [0.15, 0.2) is 0 Å². The van der Waals surface area contributed by atoms with Gasteiger partial charge >= 0.3 is 0 Å². The van der Waals surface area contributed by atoms with E-state index >= 15 is 0 Å². The highest BCUT2D eigenvalue weighted by atomic mass is 32.2. The molecule has 1 fully saturated rings. The van der Waals surface area contributed by atoms with Gasteiger partial charge in [-0.25, -0.2) is 0 Å². The Labute approximate surface area is 118 Å². The average molecular weight is 280 g/mol. The molecule has 0 spiro atoms. The molecule has 1 aliphatic rings. The predicted molar refractivity (Wildman–Crippen MR) is 80.8 cm³/mol. The van der Waals surface area contributed by atoms with E-state index in [4.69, 9.17) is 0 Å². The number of thioether (sulfide) groups is 1. The van der Waals surface area contributed by atoms with Crippen molar-refractivity contribution in [3.05, 3.63) is 33.9 Å². The van der Waals surface area contributed by atoms with Gasteiger partial charge in [0.25, 0.3) is 5.69 Å². The van der Waals surface area contributed by atoms with E-state index in [1.807, 2.05) is 18.8 Å². The Kier molecular flexibility index (Phi) is 5.07. The summed E-state index contributed by atoms with van der Waals surface area (Å²) >= 11 is 1.89. The molecule has 5 heteroatoms. The molecule has 0 unspecified atom stereocenters. The summed E-state index contributed by atoms with van der Waals surface area (Å²) in [6.07, 6.45) is 5.43. The van der Waals surface area contributed by atoms with Crippen molar-refractivity contribution in [2.75, 3.05) is 18.1 Å². The van der Waals surface area contributed by atoms with E-state index in [0.717, 1.165) is 22.9 Å². The maximum atomic E-state index is 10.8. The lowest BCUT2D eigenvalue weighted by molar-refractivity contribution is -0.384. The number of nitro benzene ring substituents is 1. The fraction of sp³-hybridized carbons (Fsp3) is 0.571. The summed E-state index contributed by atoms with van der Waals surface area (Å²) in [4.78, 5) is 10.5. The zero-order chi connectivity index (χ0) is 13.7. The highest BCUT2D eigenvalue weighted by Crippen LogP contribution is 2.31. The first-order valence-electron chi connectivity index (χ1n) is 6.73. The standard InChI is InChI=1S/C14H20N2O2S/c1-15-14-7-6-13(16(17)18)8-12(14)10-19-9-11-4-2-3-5-11/h6-8,11,15H,2-5,9-10H2,1H3. The first-order valence-corrected chi connectivity index (χ1v) is 7.89. The van der Waals surface area contributed by atoms with Crippen LogP contribution >= 0.6 is 11.8 Å². The van der Waals surface area contributed by atoms with Crippen molar-refractivity contribution >= 4 is 23.1 Å². The second-order valence-electron chi connectivity index (χ2n) is 5.01. The summed E-state index contributed by atoms with van der Waals surface area (Å²) in [6.45, 7) is 0. The van der Waals surface area contributed by atoms with Crippen LogP contribution in [0.3, 0.4) is 0 Å². The highest BCUT2D eigenvalue weighted by molar-refractivity contribution is 7.98. The minimum Gasteiger partial charge on any atom is -0.388 e. The quantitative estimate of drug-likeness (QED) is 0.630. The van der Waals surface area contributed by atoms with Crippen molar-refractivity contribution in [3.8, 4) is 0 Å². The third kappa shape index (κ3) is 3.86. The van der Waals surface area contributed by atoms with Gasteiger partial charge in [0.1, 0.15) is 0 Å². The van der Waals surface area contributed by atoms with Crippen molar-refractivity contribution in [1.29, 1.82) is 0 Å². The highest BCUT2D eigenvalue weighted by Gasteiger charge is 2.15. The molecule has 0 aromatic heterocycles. The number of anilines is 1. The number of nitrogens with one attached hydrogen (secondary N) is 1. The molecular weight excluding hydrogens is 260 g/mol. The Morgan fingerprint density at radius 3 is 2.79 bits per heavy atom. The topological polar surface area (TPSA) is 55.2 Å². The van der Waals surface area contributed by atoms with Gasteiger partial charge in [-0.15, -0.1) is 0 Å². The molecule has 104 valence electrons. The molecule has 0 bridgehead atoms. The van der Waals surface area contributed by atoms with E-state index in [0.29, 0.717) is 0 Å². The summed E-state index contributed by atoms with van der Waals surface area (Å²) in [5.74, 6) is 2.86. The van der Waals surface area contributed by atoms with Gasteiger partial charge in [0, 0.05) is 30.6 Å². The van der Waals surface area contributed by atoms with Gasteiger partial charge in [-0.2, -0.15) is 11.8 Å². The Bertz CT molecular complexity index is 445. The number of nitrogens with zero attached hydrogens (tertiary/aromatic N) is 1. The zero-order valence-corrected chi connectivity index (χ0v) is 12.0. The van der Waals surface area contributed by atoms with Crippen LogP contribution in [0.15, 0.2) is 18.2 Å². The van der Waals surface area contributed by atoms with Crippen LogP contribution in [0.5, 0.6) is 0 Å². The molecule has 4 nitrogen and oxygen atoms in total. The second-order valence-corrected chi connectivity index (χ2v) is 6.04. The lowest BCUT2D eigenvalue weighted by Crippen LogP contribution is -2.00. The van der Waals surface area contributed by atoms with E-state index in [9.17, 15) is 10.1 Å². The number of rotatable bonds is 6. The molecule has 1 aromatic carbocycles. The SMILES string of the molecule is CNc1ccc([N+](=O)[O-])cc1CSCC1CCCC1. The van der Waals surface area contributed by atoms with Crippen LogP contribution in [0.1, 0.15) is 31.2 Å². The first kappa shape index (κ1) is 14.2. The van der Waals surface area contributed by atoms with E-state index in [-0.39, 0.29) is 10.6 Å². The van der Waals surface area contributed by atoms with Crippen molar-refractivity contribution in [1.82, 2.24) is 0 Å².